The quantitative estimate of drug-likeness (QED) is 0.142. The molecule has 0 spiro atoms. The molecule has 7 heteroatoms. The maximum absolute atomic E-state index is 7.36. The van der Waals surface area contributed by atoms with E-state index >= 15 is 0 Å². The number of aryl methyl sites for hydroxylation is 2. The zero-order valence-electron chi connectivity index (χ0n) is 38.4. The zero-order chi connectivity index (χ0) is 45.2. The van der Waals surface area contributed by atoms with Crippen LogP contribution in [0.3, 0.4) is 0 Å². The maximum Gasteiger partial charge on any atom is 0.249 e. The van der Waals surface area contributed by atoms with Gasteiger partial charge in [0.25, 0.3) is 0 Å². The molecule has 4 aliphatic rings. The normalized spacial score (nSPS) is 13.8. The highest BCUT2D eigenvalue weighted by atomic mass is 32.2. The lowest BCUT2D eigenvalue weighted by atomic mass is 9.31. The van der Waals surface area contributed by atoms with Gasteiger partial charge in [0.1, 0.15) is 22.3 Å². The van der Waals surface area contributed by atoms with Gasteiger partial charge in [-0.1, -0.05) is 195 Å². The Morgan fingerprint density at radius 1 is 0.464 bits per heavy atom. The predicted molar refractivity (Wildman–Crippen MR) is 294 cm³/mol. The van der Waals surface area contributed by atoms with Gasteiger partial charge in [-0.25, -0.2) is 0 Å². The third-order valence-corrected chi connectivity index (χ3v) is 18.5. The smallest absolute Gasteiger partial charge is 0.249 e. The van der Waals surface area contributed by atoms with Gasteiger partial charge in [-0.05, 0) is 99.1 Å². The summed E-state index contributed by atoms with van der Waals surface area (Å²) in [7, 11) is 0. The number of hydrogen-bond acceptors (Lipinski definition) is 4. The summed E-state index contributed by atoms with van der Waals surface area (Å²) in [6, 6.07) is 57.8. The number of aromatic nitrogens is 1. The summed E-state index contributed by atoms with van der Waals surface area (Å²) in [4.78, 5) is 5.40. The van der Waals surface area contributed by atoms with E-state index in [2.05, 4.69) is 170 Å². The number of hydrogen-bond donors (Lipinski definition) is 0. The lowest BCUT2D eigenvalue weighted by molar-refractivity contribution is 0.668. The van der Waals surface area contributed by atoms with Crippen LogP contribution < -0.4 is 32.8 Å². The largest absolute Gasteiger partial charge is 0.455 e. The number of benzene rings is 9. The van der Waals surface area contributed by atoms with E-state index in [0.717, 1.165) is 60.9 Å². The van der Waals surface area contributed by atoms with Gasteiger partial charge in [-0.15, -0.1) is 0 Å². The van der Waals surface area contributed by atoms with Gasteiger partial charge in [-0.3, -0.25) is 0 Å². The Balaban J connectivity index is 1.11. The van der Waals surface area contributed by atoms with Crippen LogP contribution >= 0.6 is 23.5 Å². The molecule has 4 aliphatic heterocycles. The van der Waals surface area contributed by atoms with Gasteiger partial charge >= 0.3 is 0 Å². The van der Waals surface area contributed by atoms with Crippen molar-refractivity contribution < 1.29 is 8.83 Å². The van der Waals surface area contributed by atoms with Gasteiger partial charge in [0.15, 0.2) is 0 Å². The van der Waals surface area contributed by atoms with Crippen molar-refractivity contribution in [1.82, 2.24) is 4.57 Å². The summed E-state index contributed by atoms with van der Waals surface area (Å²) >= 11 is 3.95. The summed E-state index contributed by atoms with van der Waals surface area (Å²) < 4.78 is 17.4. The van der Waals surface area contributed by atoms with Crippen LogP contribution in [0.4, 0.5) is 0 Å². The van der Waals surface area contributed by atoms with Crippen LogP contribution in [0, 0.1) is 0 Å². The number of furan rings is 2. The highest BCUT2D eigenvalue weighted by molar-refractivity contribution is 8.01. The number of fused-ring (bicyclic) bond motifs is 15. The van der Waals surface area contributed by atoms with Crippen LogP contribution in [0.2, 0.25) is 0 Å². The fourth-order valence-electron chi connectivity index (χ4n) is 13.0. The third-order valence-electron chi connectivity index (χ3n) is 16.0. The summed E-state index contributed by atoms with van der Waals surface area (Å²) in [5.74, 6) is 0. The minimum Gasteiger partial charge on any atom is -0.455 e. The second kappa shape index (κ2) is 14.4. The van der Waals surface area contributed by atoms with Crippen molar-refractivity contribution in [2.75, 3.05) is 0 Å². The van der Waals surface area contributed by atoms with Crippen molar-refractivity contribution in [1.29, 1.82) is 0 Å². The van der Waals surface area contributed by atoms with Crippen LogP contribution in [0.25, 0.3) is 93.6 Å². The molecule has 0 bridgehead atoms. The average Bonchev–Trinajstić information content (AvgIpc) is 4.07. The molecule has 16 rings (SSSR count). The summed E-state index contributed by atoms with van der Waals surface area (Å²) in [6.45, 7) is 4.56. The standard InChI is InChI=1S/C62H43B2NO2S2/c1-3-5-15-34-25-27-40-42-31-46-56-52(59(42)66-48(40)29-34)53-57-47(32-43-41-28-26-35(16-6-4-2)30-49(41)67-60(43)53)64-45-24-14-22-39(37-19-11-8-12-20-37)62(45)69-51-33-50-54(58(55(51)64)65(56)57)63(46)44-23-13-21-38(61(44)68-50)36-17-9-7-10-18-36/h7-14,17-33H,3-6,15-16H2,1-2H3. The average molecular weight is 920 g/mol. The first-order chi connectivity index (χ1) is 34.1. The fraction of sp³-hybridized carbons (Fsp3) is 0.129. The minimum atomic E-state index is 0.00856. The predicted octanol–water partition coefficient (Wildman–Crippen LogP) is 13.2. The third kappa shape index (κ3) is 5.20. The molecule has 0 radical (unpaired) electrons. The maximum atomic E-state index is 7.36. The van der Waals surface area contributed by atoms with Crippen molar-refractivity contribution in [2.24, 2.45) is 0 Å². The van der Waals surface area contributed by atoms with Gasteiger partial charge in [0.2, 0.25) is 13.4 Å². The van der Waals surface area contributed by atoms with Crippen molar-refractivity contribution in [3.8, 4) is 27.9 Å². The first-order valence-corrected chi connectivity index (χ1v) is 26.6. The Kier molecular flexibility index (Phi) is 8.15. The van der Waals surface area contributed by atoms with E-state index in [1.165, 1.54) is 135 Å². The second-order valence-corrected chi connectivity index (χ2v) is 21.9. The molecule has 0 atom stereocenters. The molecule has 0 fully saturated rings. The monoisotopic (exact) mass is 919 g/mol. The lowest BCUT2D eigenvalue weighted by Crippen LogP contribution is -2.65. The first-order valence-electron chi connectivity index (χ1n) is 24.9. The van der Waals surface area contributed by atoms with Gasteiger partial charge in [-0.2, -0.15) is 0 Å². The van der Waals surface area contributed by atoms with E-state index in [-0.39, 0.29) is 13.4 Å². The molecule has 0 unspecified atom stereocenters. The van der Waals surface area contributed by atoms with E-state index in [1.54, 1.807) is 0 Å². The molecule has 0 saturated carbocycles. The Morgan fingerprint density at radius 2 is 0.942 bits per heavy atom. The van der Waals surface area contributed by atoms with Gasteiger partial charge in [0.05, 0.1) is 21.8 Å². The molecule has 0 saturated heterocycles. The van der Waals surface area contributed by atoms with Gasteiger partial charge < -0.3 is 13.4 Å². The Morgan fingerprint density at radius 3 is 1.41 bits per heavy atom. The lowest BCUT2D eigenvalue weighted by Gasteiger charge is -2.41. The fourth-order valence-corrected chi connectivity index (χ4v) is 15.7. The number of rotatable bonds is 8. The van der Waals surface area contributed by atoms with Crippen LogP contribution in [0.15, 0.2) is 180 Å². The zero-order valence-corrected chi connectivity index (χ0v) is 40.0. The minimum absolute atomic E-state index is 0.00856. The molecule has 3 nitrogen and oxygen atoms in total. The molecule has 0 N–H and O–H groups in total. The van der Waals surface area contributed by atoms with Crippen LogP contribution in [0.1, 0.15) is 50.7 Å². The van der Waals surface area contributed by atoms with Crippen molar-refractivity contribution >= 4 is 135 Å². The SMILES string of the molecule is CCCCc1ccc2c(c1)oc1c2cc2c3c1c1c4oc5cc(CCCC)ccc5c4cc4c1n3-c1c3c(cc5c1B4c1cccc(-c4ccccc4)c1S5)Sc1c(cccc1-c1ccccc1)B32. The molecule has 9 aromatic carbocycles. The van der Waals surface area contributed by atoms with E-state index in [9.17, 15) is 0 Å². The molecule has 0 amide bonds. The van der Waals surface area contributed by atoms with Crippen LogP contribution in [-0.2, 0) is 12.8 Å². The van der Waals surface area contributed by atoms with Crippen molar-refractivity contribution in [3.63, 3.8) is 0 Å². The van der Waals surface area contributed by atoms with E-state index in [0.29, 0.717) is 0 Å². The number of unbranched alkanes of at least 4 members (excludes halogenated alkanes) is 2. The van der Waals surface area contributed by atoms with Crippen molar-refractivity contribution in [2.45, 2.75) is 72.0 Å². The first kappa shape index (κ1) is 39.1. The summed E-state index contributed by atoms with van der Waals surface area (Å²) in [5.41, 5.74) is 23.8. The summed E-state index contributed by atoms with van der Waals surface area (Å²) in [6.07, 6.45) is 6.73. The topological polar surface area (TPSA) is 31.2 Å². The molecule has 7 heterocycles. The Bertz CT molecular complexity index is 3980. The van der Waals surface area contributed by atoms with Crippen molar-refractivity contribution in [3.05, 3.63) is 163 Å². The molecular formula is C62H43B2NO2S2. The Labute approximate surface area is 409 Å². The molecular weight excluding hydrogens is 876 g/mol. The molecule has 326 valence electrons. The molecule has 0 aliphatic carbocycles. The van der Waals surface area contributed by atoms with E-state index in [4.69, 9.17) is 8.83 Å². The molecule has 69 heavy (non-hydrogen) atoms. The van der Waals surface area contributed by atoms with E-state index in [1.807, 2.05) is 23.5 Å². The molecule has 12 aromatic rings. The Hall–Kier alpha value is -6.79. The molecule has 3 aromatic heterocycles. The van der Waals surface area contributed by atoms with E-state index < -0.39 is 0 Å². The number of nitrogens with zero attached hydrogens (tertiary/aromatic N) is 1. The van der Waals surface area contributed by atoms with Crippen LogP contribution in [-0.4, -0.2) is 18.0 Å². The highest BCUT2D eigenvalue weighted by Crippen LogP contribution is 2.51. The summed E-state index contributed by atoms with van der Waals surface area (Å²) in [5, 5.41) is 7.07. The van der Waals surface area contributed by atoms with Gasteiger partial charge in [0, 0.05) is 46.8 Å². The second-order valence-electron chi connectivity index (χ2n) is 19.8. The highest BCUT2D eigenvalue weighted by Gasteiger charge is 2.49. The van der Waals surface area contributed by atoms with Crippen LogP contribution in [0.5, 0.6) is 0 Å².